The van der Waals surface area contributed by atoms with Gasteiger partial charge in [-0.2, -0.15) is 0 Å². The van der Waals surface area contributed by atoms with E-state index in [1.54, 1.807) is 13.2 Å². The molecule has 0 fully saturated rings. The van der Waals surface area contributed by atoms with Crippen LogP contribution in [0.4, 0.5) is 18.9 Å². The summed E-state index contributed by atoms with van der Waals surface area (Å²) in [5.74, 6) is -0.404. The van der Waals surface area contributed by atoms with Gasteiger partial charge in [-0.25, -0.2) is 4.99 Å². The van der Waals surface area contributed by atoms with E-state index >= 15 is 0 Å². The lowest BCUT2D eigenvalue weighted by molar-refractivity contribution is -0.274. The van der Waals surface area contributed by atoms with E-state index in [1.807, 2.05) is 24.3 Å². The maximum Gasteiger partial charge on any atom is 0.573 e. The minimum Gasteiger partial charge on any atom is -0.404 e. The van der Waals surface area contributed by atoms with Gasteiger partial charge in [-0.3, -0.25) is 0 Å². The predicted octanol–water partition coefficient (Wildman–Crippen LogP) is 4.28. The summed E-state index contributed by atoms with van der Waals surface area (Å²) in [6, 6.07) is 13.1. The number of hydrogen-bond acceptors (Lipinski definition) is 3. The van der Waals surface area contributed by atoms with Crippen LogP contribution >= 0.6 is 24.0 Å². The third-order valence-electron chi connectivity index (χ3n) is 3.21. The molecular weight excluding hydrogens is 462 g/mol. The minimum atomic E-state index is -4.79. The number of anilines is 1. The number of para-hydroxylation sites is 2. The summed E-state index contributed by atoms with van der Waals surface area (Å²) in [5.41, 5.74) is 7.73. The Balaban J connectivity index is 0.00000338. The summed E-state index contributed by atoms with van der Waals surface area (Å²) in [4.78, 5) is 4.16. The zero-order valence-electron chi connectivity index (χ0n) is 13.9. The summed E-state index contributed by atoms with van der Waals surface area (Å²) >= 11 is 0. The number of methoxy groups -OCH3 is 1. The number of guanidine groups is 1. The molecule has 142 valence electrons. The van der Waals surface area contributed by atoms with Gasteiger partial charge < -0.3 is 20.5 Å². The van der Waals surface area contributed by atoms with E-state index < -0.39 is 6.36 Å². The number of hydrogen-bond donors (Lipinski definition) is 2. The molecule has 0 heterocycles. The van der Waals surface area contributed by atoms with Crippen LogP contribution in [0.1, 0.15) is 11.1 Å². The molecule has 0 radical (unpaired) electrons. The highest BCUT2D eigenvalue weighted by atomic mass is 127. The van der Waals surface area contributed by atoms with Gasteiger partial charge in [-0.15, -0.1) is 37.1 Å². The van der Waals surface area contributed by atoms with E-state index in [4.69, 9.17) is 10.5 Å². The monoisotopic (exact) mass is 481 g/mol. The Hall–Kier alpha value is -2.01. The van der Waals surface area contributed by atoms with Crippen LogP contribution in [0.2, 0.25) is 0 Å². The molecule has 2 aromatic carbocycles. The number of nitrogens with one attached hydrogen (secondary N) is 1. The Kier molecular flexibility index (Phi) is 8.66. The number of halogens is 4. The van der Waals surface area contributed by atoms with Gasteiger partial charge in [0.25, 0.3) is 0 Å². The molecule has 5 nitrogen and oxygen atoms in total. The van der Waals surface area contributed by atoms with E-state index in [0.717, 1.165) is 11.1 Å². The van der Waals surface area contributed by atoms with Gasteiger partial charge in [-0.1, -0.05) is 36.4 Å². The van der Waals surface area contributed by atoms with Gasteiger partial charge >= 0.3 is 6.36 Å². The predicted molar refractivity (Wildman–Crippen MR) is 105 cm³/mol. The molecule has 0 bridgehead atoms. The van der Waals surface area contributed by atoms with Gasteiger partial charge in [0.1, 0.15) is 0 Å². The van der Waals surface area contributed by atoms with Crippen LogP contribution in [0.3, 0.4) is 0 Å². The van der Waals surface area contributed by atoms with Crippen LogP contribution in [0.25, 0.3) is 0 Å². The smallest absolute Gasteiger partial charge is 0.404 e. The van der Waals surface area contributed by atoms with Crippen molar-refractivity contribution in [2.24, 2.45) is 10.7 Å². The molecule has 3 N–H and O–H groups in total. The molecule has 0 aliphatic rings. The quantitative estimate of drug-likeness (QED) is 0.368. The van der Waals surface area contributed by atoms with Gasteiger partial charge in [0.05, 0.1) is 18.8 Å². The number of aliphatic imine (C=N–C) groups is 1. The van der Waals surface area contributed by atoms with Crippen molar-refractivity contribution in [3.05, 3.63) is 59.7 Å². The molecule has 2 aromatic rings. The van der Waals surface area contributed by atoms with Crippen molar-refractivity contribution in [2.75, 3.05) is 12.4 Å². The Bertz CT molecular complexity index is 739. The highest BCUT2D eigenvalue weighted by molar-refractivity contribution is 14.0. The molecule has 2 rings (SSSR count). The van der Waals surface area contributed by atoms with Crippen molar-refractivity contribution in [3.8, 4) is 5.75 Å². The molecule has 0 atom stereocenters. The van der Waals surface area contributed by atoms with E-state index in [2.05, 4.69) is 15.0 Å². The topological polar surface area (TPSA) is 68.9 Å². The van der Waals surface area contributed by atoms with E-state index in [0.29, 0.717) is 6.61 Å². The lowest BCUT2D eigenvalue weighted by Crippen LogP contribution is -2.24. The zero-order valence-corrected chi connectivity index (χ0v) is 16.2. The normalized spacial score (nSPS) is 11.6. The molecule has 0 spiro atoms. The first kappa shape index (κ1) is 22.0. The highest BCUT2D eigenvalue weighted by Gasteiger charge is 2.32. The summed E-state index contributed by atoms with van der Waals surface area (Å²) < 4.78 is 46.3. The molecule has 0 saturated heterocycles. The van der Waals surface area contributed by atoms with Crippen molar-refractivity contribution in [3.63, 3.8) is 0 Å². The number of benzene rings is 2. The third kappa shape index (κ3) is 7.08. The number of nitrogens with zero attached hydrogens (tertiary/aromatic N) is 1. The number of ether oxygens (including phenoxy) is 2. The largest absolute Gasteiger partial charge is 0.573 e. The molecule has 0 aliphatic heterocycles. The van der Waals surface area contributed by atoms with Gasteiger partial charge in [-0.05, 0) is 23.3 Å². The van der Waals surface area contributed by atoms with Crippen molar-refractivity contribution >= 4 is 35.6 Å². The summed E-state index contributed by atoms with van der Waals surface area (Å²) in [7, 11) is 1.59. The first-order valence-electron chi connectivity index (χ1n) is 7.36. The SMILES string of the molecule is COCc1ccccc1CN=C(N)Nc1ccccc1OC(F)(F)F.I. The number of nitrogens with two attached hydrogens (primary N) is 1. The lowest BCUT2D eigenvalue weighted by atomic mass is 10.1. The Morgan fingerprint density at radius 3 is 2.35 bits per heavy atom. The fraction of sp³-hybridized carbons (Fsp3) is 0.235. The molecule has 0 saturated carbocycles. The van der Waals surface area contributed by atoms with Crippen LogP contribution in [0.15, 0.2) is 53.5 Å². The van der Waals surface area contributed by atoms with Crippen LogP contribution in [-0.4, -0.2) is 19.4 Å². The Morgan fingerprint density at radius 1 is 1.08 bits per heavy atom. The fourth-order valence-corrected chi connectivity index (χ4v) is 2.14. The first-order chi connectivity index (χ1) is 11.9. The van der Waals surface area contributed by atoms with Crippen LogP contribution in [0, 0.1) is 0 Å². The number of alkyl halides is 3. The summed E-state index contributed by atoms with van der Waals surface area (Å²) in [6.07, 6.45) is -4.79. The van der Waals surface area contributed by atoms with Crippen LogP contribution < -0.4 is 15.8 Å². The van der Waals surface area contributed by atoms with Gasteiger partial charge in [0, 0.05) is 7.11 Å². The van der Waals surface area contributed by atoms with E-state index in [1.165, 1.54) is 18.2 Å². The molecule has 26 heavy (non-hydrogen) atoms. The van der Waals surface area contributed by atoms with Crippen LogP contribution in [0.5, 0.6) is 5.75 Å². The molecule has 9 heteroatoms. The second kappa shape index (κ2) is 10.2. The van der Waals surface area contributed by atoms with Crippen molar-refractivity contribution in [1.82, 2.24) is 0 Å². The molecule has 0 unspecified atom stereocenters. The third-order valence-corrected chi connectivity index (χ3v) is 3.21. The summed E-state index contributed by atoms with van der Waals surface area (Å²) in [5, 5.41) is 2.63. The summed E-state index contributed by atoms with van der Waals surface area (Å²) in [6.45, 7) is 0.696. The molecular formula is C17H19F3IN3O2. The maximum absolute atomic E-state index is 12.4. The van der Waals surface area contributed by atoms with Crippen LogP contribution in [-0.2, 0) is 17.9 Å². The standard InChI is InChI=1S/C17H18F3N3O2.HI/c1-24-11-13-7-3-2-6-12(13)10-22-16(21)23-14-8-4-5-9-15(14)25-17(18,19)20;/h2-9H,10-11H2,1H3,(H3,21,22,23);1H. The Morgan fingerprint density at radius 2 is 1.69 bits per heavy atom. The Labute approximate surface area is 166 Å². The van der Waals surface area contributed by atoms with E-state index in [-0.39, 0.29) is 47.9 Å². The first-order valence-corrected chi connectivity index (χ1v) is 7.36. The average molecular weight is 481 g/mol. The second-order valence-electron chi connectivity index (χ2n) is 5.07. The second-order valence-corrected chi connectivity index (χ2v) is 5.07. The van der Waals surface area contributed by atoms with Crippen molar-refractivity contribution in [2.45, 2.75) is 19.5 Å². The number of rotatable bonds is 6. The molecule has 0 amide bonds. The molecule has 0 aromatic heterocycles. The maximum atomic E-state index is 12.4. The molecule has 0 aliphatic carbocycles. The average Bonchev–Trinajstić information content (AvgIpc) is 2.55. The van der Waals surface area contributed by atoms with Crippen molar-refractivity contribution < 1.29 is 22.6 Å². The zero-order chi connectivity index (χ0) is 18.3. The van der Waals surface area contributed by atoms with Crippen molar-refractivity contribution in [1.29, 1.82) is 0 Å². The van der Waals surface area contributed by atoms with Gasteiger partial charge in [0.2, 0.25) is 0 Å². The fourth-order valence-electron chi connectivity index (χ4n) is 2.14. The highest BCUT2D eigenvalue weighted by Crippen LogP contribution is 2.29. The minimum absolute atomic E-state index is 0. The van der Waals surface area contributed by atoms with E-state index in [9.17, 15) is 13.2 Å². The lowest BCUT2D eigenvalue weighted by Gasteiger charge is -2.14. The van der Waals surface area contributed by atoms with Gasteiger partial charge in [0.15, 0.2) is 11.7 Å².